The highest BCUT2D eigenvalue weighted by atomic mass is 16.5. The molecule has 4 bridgehead atoms. The Labute approximate surface area is 146 Å². The number of benzene rings is 1. The van der Waals surface area contributed by atoms with Gasteiger partial charge in [0.05, 0.1) is 18.5 Å². The minimum atomic E-state index is -0.505. The van der Waals surface area contributed by atoms with E-state index in [2.05, 4.69) is 6.58 Å². The number of carbonyl (C=O) groups is 1. The fraction of sp³-hybridized carbons (Fsp3) is 0.550. The van der Waals surface area contributed by atoms with Crippen LogP contribution in [0.4, 0.5) is 0 Å². The summed E-state index contributed by atoms with van der Waals surface area (Å²) >= 11 is 0. The molecule has 1 aromatic rings. The van der Waals surface area contributed by atoms with E-state index in [9.17, 15) is 9.90 Å². The SMILES string of the molecule is C=CC[N+]12CCC34c5c6ccc(O)c5OC3C(=O)CCC4(OC1)C2C6. The Balaban J connectivity index is 1.68. The van der Waals surface area contributed by atoms with Crippen LogP contribution in [0.1, 0.15) is 30.4 Å². The number of quaternary nitrogens is 1. The van der Waals surface area contributed by atoms with Gasteiger partial charge in [-0.2, -0.15) is 0 Å². The third kappa shape index (κ3) is 1.27. The van der Waals surface area contributed by atoms with Crippen LogP contribution in [-0.4, -0.2) is 52.9 Å². The first-order valence-corrected chi connectivity index (χ1v) is 9.23. The van der Waals surface area contributed by atoms with Crippen molar-refractivity contribution >= 4 is 5.78 Å². The molecule has 3 fully saturated rings. The smallest absolute Gasteiger partial charge is 0.184 e. The number of ether oxygens (including phenoxy) is 2. The van der Waals surface area contributed by atoms with Crippen molar-refractivity contribution in [1.82, 2.24) is 0 Å². The van der Waals surface area contributed by atoms with Gasteiger partial charge in [0, 0.05) is 24.8 Å². The lowest BCUT2D eigenvalue weighted by Crippen LogP contribution is -2.77. The van der Waals surface area contributed by atoms with Gasteiger partial charge in [0.25, 0.3) is 0 Å². The quantitative estimate of drug-likeness (QED) is 0.659. The molecule has 5 atom stereocenters. The van der Waals surface area contributed by atoms with Gasteiger partial charge in [-0.1, -0.05) is 12.6 Å². The zero-order valence-electron chi connectivity index (χ0n) is 14.2. The van der Waals surface area contributed by atoms with Crippen molar-refractivity contribution in [3.8, 4) is 11.5 Å². The summed E-state index contributed by atoms with van der Waals surface area (Å²) in [7, 11) is 0. The van der Waals surface area contributed by atoms with Crippen molar-refractivity contribution in [2.75, 3.05) is 19.8 Å². The van der Waals surface area contributed by atoms with Crippen LogP contribution in [-0.2, 0) is 21.4 Å². The Morgan fingerprint density at radius 2 is 2.28 bits per heavy atom. The Morgan fingerprint density at radius 1 is 1.40 bits per heavy atom. The van der Waals surface area contributed by atoms with E-state index < -0.39 is 11.5 Å². The predicted octanol–water partition coefficient (Wildman–Crippen LogP) is 1.81. The highest BCUT2D eigenvalue weighted by Gasteiger charge is 2.80. The number of hydrogen-bond acceptors (Lipinski definition) is 4. The summed E-state index contributed by atoms with van der Waals surface area (Å²) in [5, 5.41) is 10.4. The number of rotatable bonds is 2. The van der Waals surface area contributed by atoms with Gasteiger partial charge in [0.2, 0.25) is 0 Å². The van der Waals surface area contributed by atoms with Crippen LogP contribution in [0.2, 0.25) is 0 Å². The van der Waals surface area contributed by atoms with E-state index in [1.807, 2.05) is 12.1 Å². The number of ketones is 1. The molecule has 0 aromatic heterocycles. The maximum atomic E-state index is 12.8. The van der Waals surface area contributed by atoms with Gasteiger partial charge in [0.15, 0.2) is 30.1 Å². The lowest BCUT2D eigenvalue weighted by molar-refractivity contribution is -0.947. The van der Waals surface area contributed by atoms with Crippen LogP contribution < -0.4 is 4.74 Å². The number of Topliss-reactive ketones (excluding diaryl/α,β-unsaturated/α-hetero) is 1. The fourth-order valence-electron chi connectivity index (χ4n) is 6.90. The summed E-state index contributed by atoms with van der Waals surface area (Å²) in [5.41, 5.74) is 1.52. The number of phenols is 1. The van der Waals surface area contributed by atoms with Crippen molar-refractivity contribution in [3.05, 3.63) is 35.9 Å². The number of carbonyl (C=O) groups excluding carboxylic acids is 1. The predicted molar refractivity (Wildman–Crippen MR) is 89.4 cm³/mol. The van der Waals surface area contributed by atoms with Crippen LogP contribution in [0.5, 0.6) is 11.5 Å². The van der Waals surface area contributed by atoms with E-state index in [4.69, 9.17) is 9.47 Å². The molecular formula is C20H22NO4+. The molecule has 6 rings (SSSR count). The number of piperidine rings is 1. The average Bonchev–Trinajstić information content (AvgIpc) is 3.06. The van der Waals surface area contributed by atoms with E-state index >= 15 is 0 Å². The molecule has 0 radical (unpaired) electrons. The molecule has 5 nitrogen and oxygen atoms in total. The third-order valence-electron chi connectivity index (χ3n) is 7.78. The van der Waals surface area contributed by atoms with Crippen LogP contribution in [0.3, 0.4) is 0 Å². The largest absolute Gasteiger partial charge is 0.504 e. The first-order valence-electron chi connectivity index (χ1n) is 9.23. The minimum Gasteiger partial charge on any atom is -0.504 e. The van der Waals surface area contributed by atoms with Crippen LogP contribution >= 0.6 is 0 Å². The van der Waals surface area contributed by atoms with Gasteiger partial charge in [-0.15, -0.1) is 0 Å². The highest BCUT2D eigenvalue weighted by molar-refractivity contribution is 5.90. The van der Waals surface area contributed by atoms with Crippen LogP contribution in [0.25, 0.3) is 0 Å². The first kappa shape index (κ1) is 14.3. The molecular weight excluding hydrogens is 318 g/mol. The Kier molecular flexibility index (Phi) is 2.35. The van der Waals surface area contributed by atoms with Crippen LogP contribution in [0, 0.1) is 0 Å². The normalized spacial score (nSPS) is 45.0. The van der Waals surface area contributed by atoms with E-state index in [0.29, 0.717) is 24.9 Å². The van der Waals surface area contributed by atoms with Gasteiger partial charge >= 0.3 is 0 Å². The third-order valence-corrected chi connectivity index (χ3v) is 7.78. The molecule has 5 aliphatic rings. The van der Waals surface area contributed by atoms with E-state index in [1.54, 1.807) is 6.07 Å². The summed E-state index contributed by atoms with van der Waals surface area (Å²) in [4.78, 5) is 12.8. The number of phenolic OH excluding ortho intramolecular Hbond substituents is 1. The summed E-state index contributed by atoms with van der Waals surface area (Å²) in [6.45, 7) is 6.55. The average molecular weight is 340 g/mol. The van der Waals surface area contributed by atoms with Crippen molar-refractivity contribution in [2.24, 2.45) is 0 Å². The zero-order valence-corrected chi connectivity index (χ0v) is 14.2. The standard InChI is InChI=1S/C20H21NO4/c1-2-8-21-9-7-19-16-12-3-4-13(22)17(16)25-18(19)14(23)5-6-20(19,24-11-21)15(21)10-12/h2-4,15,18H,1,5-11H2/p+1. The molecule has 130 valence electrons. The van der Waals surface area contributed by atoms with Crippen LogP contribution in [0.15, 0.2) is 24.8 Å². The molecule has 3 heterocycles. The number of aromatic hydroxyl groups is 1. The van der Waals surface area contributed by atoms with Crippen molar-refractivity contribution < 1.29 is 23.9 Å². The molecule has 25 heavy (non-hydrogen) atoms. The monoisotopic (exact) mass is 340 g/mol. The molecule has 5 unspecified atom stereocenters. The van der Waals surface area contributed by atoms with Gasteiger partial charge in [-0.05, 0) is 24.1 Å². The summed E-state index contributed by atoms with van der Waals surface area (Å²) < 4.78 is 13.7. The summed E-state index contributed by atoms with van der Waals surface area (Å²) in [5.74, 6) is 0.848. The van der Waals surface area contributed by atoms with Gasteiger partial charge in [-0.25, -0.2) is 0 Å². The maximum Gasteiger partial charge on any atom is 0.184 e. The Bertz CT molecular complexity index is 850. The van der Waals surface area contributed by atoms with Gasteiger partial charge in [-0.3, -0.25) is 9.28 Å². The van der Waals surface area contributed by atoms with Gasteiger partial charge < -0.3 is 14.6 Å². The lowest BCUT2D eigenvalue weighted by atomic mass is 9.49. The fourth-order valence-corrected chi connectivity index (χ4v) is 6.90. The van der Waals surface area contributed by atoms with E-state index in [1.165, 1.54) is 5.56 Å². The van der Waals surface area contributed by atoms with Crippen molar-refractivity contribution in [1.29, 1.82) is 0 Å². The topological polar surface area (TPSA) is 55.8 Å². The van der Waals surface area contributed by atoms with E-state index in [-0.39, 0.29) is 17.1 Å². The second-order valence-corrected chi connectivity index (χ2v) is 8.43. The summed E-state index contributed by atoms with van der Waals surface area (Å²) in [6, 6.07) is 4.08. The summed E-state index contributed by atoms with van der Waals surface area (Å²) in [6.07, 6.45) is 4.56. The van der Waals surface area contributed by atoms with Gasteiger partial charge in [0.1, 0.15) is 11.6 Å². The molecule has 2 spiro atoms. The molecule has 1 saturated carbocycles. The molecule has 2 saturated heterocycles. The lowest BCUT2D eigenvalue weighted by Gasteiger charge is -2.60. The second kappa shape index (κ2) is 4.10. The van der Waals surface area contributed by atoms with E-state index in [0.717, 1.165) is 42.4 Å². The highest BCUT2D eigenvalue weighted by Crippen LogP contribution is 2.68. The molecule has 5 heteroatoms. The molecule has 2 aliphatic carbocycles. The number of nitrogens with zero attached hydrogens (tertiary/aromatic N) is 1. The van der Waals surface area contributed by atoms with Crippen molar-refractivity contribution in [3.63, 3.8) is 0 Å². The molecule has 1 N–H and O–H groups in total. The molecule has 1 aromatic carbocycles. The number of hydrogen-bond donors (Lipinski definition) is 1. The Morgan fingerprint density at radius 3 is 3.12 bits per heavy atom. The second-order valence-electron chi connectivity index (χ2n) is 8.43. The molecule has 0 amide bonds. The van der Waals surface area contributed by atoms with Crippen molar-refractivity contribution in [2.45, 2.75) is 48.8 Å². The Hall–Kier alpha value is -1.85. The molecule has 3 aliphatic heterocycles. The first-order chi connectivity index (χ1) is 12.1. The maximum absolute atomic E-state index is 12.8. The minimum absolute atomic E-state index is 0.152. The zero-order chi connectivity index (χ0) is 17.0.